The van der Waals surface area contributed by atoms with Crippen LogP contribution in [0.15, 0.2) is 28.3 Å². The first kappa shape index (κ1) is 110. The van der Waals surface area contributed by atoms with Gasteiger partial charge in [0, 0.05) is 46.3 Å². The molecule has 0 amide bonds. The maximum Gasteiger partial charge on any atom is 0.356 e. The van der Waals surface area contributed by atoms with E-state index in [1.165, 1.54) is 303 Å². The van der Waals surface area contributed by atoms with Crippen LogP contribution in [0.2, 0.25) is 0 Å². The third-order valence-corrected chi connectivity index (χ3v) is 31.5. The molecule has 25 nitrogen and oxygen atoms in total. The Labute approximate surface area is 729 Å². The highest BCUT2D eigenvalue weighted by Crippen LogP contribution is 2.52. The Hall–Kier alpha value is -1.31. The summed E-state index contributed by atoms with van der Waals surface area (Å²) in [6.07, 6.45) is 62.5. The van der Waals surface area contributed by atoms with Crippen LogP contribution in [0.5, 0.6) is 5.88 Å². The number of hydrogen-bond donors (Lipinski definition) is 3. The van der Waals surface area contributed by atoms with Gasteiger partial charge in [-0.1, -0.05) is 336 Å². The van der Waals surface area contributed by atoms with E-state index in [0.717, 1.165) is 42.3 Å². The van der Waals surface area contributed by atoms with Crippen LogP contribution in [0.25, 0.3) is 0 Å². The predicted molar refractivity (Wildman–Crippen MR) is 494 cm³/mol. The van der Waals surface area contributed by atoms with E-state index < -0.39 is 35.2 Å². The first-order valence-electron chi connectivity index (χ1n) is 44.9. The normalized spacial score (nSPS) is 17.6. The van der Waals surface area contributed by atoms with E-state index >= 15 is 0 Å². The molecule has 680 valence electrons. The van der Waals surface area contributed by atoms with Crippen LogP contribution in [0.1, 0.15) is 333 Å². The molecule has 0 bridgehead atoms. The summed E-state index contributed by atoms with van der Waals surface area (Å²) in [4.78, 5) is 57.3. The molecule has 0 aliphatic carbocycles. The van der Waals surface area contributed by atoms with E-state index in [9.17, 15) is 33.3 Å². The predicted octanol–water partition coefficient (Wildman–Crippen LogP) is 23.5. The van der Waals surface area contributed by atoms with Crippen molar-refractivity contribution < 1.29 is 65.3 Å². The van der Waals surface area contributed by atoms with E-state index in [-0.39, 0.29) is 94.2 Å². The molecule has 4 N–H and O–H groups in total. The number of nitrogen functional groups attached to an aromatic ring is 1. The lowest BCUT2D eigenvalue weighted by Crippen LogP contribution is -2.35. The van der Waals surface area contributed by atoms with Crippen LogP contribution in [-0.2, 0) is 63.6 Å². The second kappa shape index (κ2) is 74.9. The summed E-state index contributed by atoms with van der Waals surface area (Å²) in [5, 5.41) is 9.49. The highest BCUT2D eigenvalue weighted by Gasteiger charge is 2.35. The molecule has 117 heavy (non-hydrogen) atoms. The lowest BCUT2D eigenvalue weighted by atomic mass is 10.0. The summed E-state index contributed by atoms with van der Waals surface area (Å²) in [6.45, 7) is 13.2. The number of ether oxygens (including phenoxy) is 4. The van der Waals surface area contributed by atoms with Crippen molar-refractivity contribution in [3.63, 3.8) is 0 Å². The largest absolute Gasteiger partial charge is 0.475 e. The Balaban J connectivity index is 0.000000454. The fraction of sp³-hybridized carbons (Fsp3) is 0.880. The number of aromatic nitrogens is 8. The van der Waals surface area contributed by atoms with Crippen molar-refractivity contribution in [2.75, 3.05) is 106 Å². The van der Waals surface area contributed by atoms with Crippen LogP contribution >= 0.6 is 87.6 Å². The number of nitrogens with two attached hydrogens (primary N) is 1. The van der Waals surface area contributed by atoms with Crippen molar-refractivity contribution >= 4 is 93.5 Å². The molecule has 0 saturated carbocycles. The lowest BCUT2D eigenvalue weighted by molar-refractivity contribution is -0.0147. The fourth-order valence-electron chi connectivity index (χ4n) is 12.6. The van der Waals surface area contributed by atoms with Crippen molar-refractivity contribution in [3.05, 3.63) is 57.0 Å². The van der Waals surface area contributed by atoms with Crippen LogP contribution in [0.3, 0.4) is 0 Å². The van der Waals surface area contributed by atoms with Gasteiger partial charge < -0.3 is 57.3 Å². The van der Waals surface area contributed by atoms with Gasteiger partial charge in [0.1, 0.15) is 68.3 Å². The van der Waals surface area contributed by atoms with Gasteiger partial charge in [0.15, 0.2) is 0 Å². The molecule has 0 spiro atoms. The van der Waals surface area contributed by atoms with Gasteiger partial charge in [-0.25, -0.2) is 24.5 Å². The van der Waals surface area contributed by atoms with E-state index in [1.807, 2.05) is 54.0 Å². The minimum Gasteiger partial charge on any atom is -0.475 e. The van der Waals surface area contributed by atoms with Gasteiger partial charge in [0.05, 0.1) is 52.7 Å². The highest BCUT2D eigenvalue weighted by atomic mass is 33.1. The smallest absolute Gasteiger partial charge is 0.356 e. The number of aliphatic hydroxyl groups excluding tert-OH is 1. The Morgan fingerprint density at radius 3 is 1.15 bits per heavy atom. The molecule has 0 radical (unpaired) electrons. The van der Waals surface area contributed by atoms with Crippen LogP contribution in [-0.4, -0.2) is 167 Å². The molecular weight excluding hydrogens is 1660 g/mol. The van der Waals surface area contributed by atoms with Crippen molar-refractivity contribution in [3.8, 4) is 5.88 Å². The zero-order chi connectivity index (χ0) is 84.7. The van der Waals surface area contributed by atoms with Crippen molar-refractivity contribution in [2.24, 2.45) is 0 Å². The molecule has 3 aromatic rings. The quantitative estimate of drug-likeness (QED) is 0.0268. The number of aryl methyl sites for hydroxylation is 3. The van der Waals surface area contributed by atoms with Gasteiger partial charge in [0.2, 0.25) is 11.8 Å². The summed E-state index contributed by atoms with van der Waals surface area (Å²) >= 11 is 0. The van der Waals surface area contributed by atoms with E-state index in [4.69, 9.17) is 47.3 Å². The number of anilines is 1. The second-order valence-corrected chi connectivity index (χ2v) is 44.6. The standard InChI is InChI=1S/C29H56N3O6PS2.C28H52N3O5PS2.C26H48N3O5PS2/c1-3-4-5-6-7-8-9-10-11-12-13-14-15-17-20-40-41-21-18-16-19-38-39(34,35)25-37-27(23-33)24-36-28-22-26(2)31-29(30)32-28;1-3-4-5-6-7-8-9-10-11-12-13-14-15-17-20-38-39-21-18-16-19-35-37(33)25-34-27(23-36-37)22-31-24-29-26(2)30-28(31)32;1-3-4-5-6-7-8-9-10-11-12-13-14-15-16-18-36-37-19-17-33-35(31)23-32-25(21-34-35)20-29-22-27-24(2)28-26(29)30/h22,27,33H,3-21,23-25H2,1-2H3,(H,34,35)(H2,30,31,32);24,27H,3-23,25H2,1-2H3;22,25H,3-21,23H2,1-2H3. The molecule has 0 aromatic carbocycles. The molecule has 6 unspecified atom stereocenters. The summed E-state index contributed by atoms with van der Waals surface area (Å²) in [5.74, 6) is 7.56. The van der Waals surface area contributed by atoms with Crippen LogP contribution in [0.4, 0.5) is 5.95 Å². The zero-order valence-electron chi connectivity index (χ0n) is 72.8. The third kappa shape index (κ3) is 63.3. The first-order valence-corrected chi connectivity index (χ1v) is 57.5. The SMILES string of the molecule is CCCCCCCCCCCCCCCCSSCCCCOP(=O)(O)COC(CO)COc1cc(C)nc(N)n1.CCCCCCCCCCCCCCCCSSCCCCOP1(=O)COC(Cn2cnc(C)nc2=O)CO1.CCCCCCCCCCCCCCCCSSCCOP1(=O)COC(Cn2cnc(C)nc2=O)CO1. The highest BCUT2D eigenvalue weighted by molar-refractivity contribution is 8.77. The van der Waals surface area contributed by atoms with Gasteiger partial charge in [-0.2, -0.15) is 15.0 Å². The topological polar surface area (TPSA) is 322 Å². The summed E-state index contributed by atoms with van der Waals surface area (Å²) in [6, 6.07) is 1.60. The fourth-order valence-corrected chi connectivity index (χ4v) is 23.0. The maximum absolute atomic E-state index is 12.7. The lowest BCUT2D eigenvalue weighted by Gasteiger charge is -2.29. The van der Waals surface area contributed by atoms with Gasteiger partial charge in [0.25, 0.3) is 0 Å². The molecule has 34 heteroatoms. The molecule has 2 saturated heterocycles. The molecule has 2 aliphatic heterocycles. The average Bonchev–Trinajstić information content (AvgIpc) is 0.842. The van der Waals surface area contributed by atoms with Gasteiger partial charge in [-0.05, 0) is 65.7 Å². The van der Waals surface area contributed by atoms with Crippen molar-refractivity contribution in [1.82, 2.24) is 39.0 Å². The average molecular weight is 1820 g/mol. The number of rotatable bonds is 75. The van der Waals surface area contributed by atoms with E-state index in [2.05, 4.69) is 50.7 Å². The third-order valence-electron chi connectivity index (χ3n) is 19.6. The molecular formula is C83H156N9O16P3S6. The molecule has 6 atom stereocenters. The molecule has 2 fully saturated rings. The number of unbranched alkanes of at least 4 members (excludes halogenated alkanes) is 41. The van der Waals surface area contributed by atoms with E-state index in [1.54, 1.807) is 37.6 Å². The molecule has 2 aliphatic rings. The minimum atomic E-state index is -3.91. The maximum atomic E-state index is 12.7. The molecule has 3 aromatic heterocycles. The number of aliphatic hydroxyl groups is 1. The molecule has 5 heterocycles. The minimum absolute atomic E-state index is 0.0549. The molecule has 5 rings (SSSR count). The van der Waals surface area contributed by atoms with Gasteiger partial charge in [-0.3, -0.25) is 22.8 Å². The Kier molecular flexibility index (Phi) is 70.3. The summed E-state index contributed by atoms with van der Waals surface area (Å²) in [5.41, 5.74) is 5.46. The number of hydrogen-bond acceptors (Lipinski definition) is 28. The summed E-state index contributed by atoms with van der Waals surface area (Å²) in [7, 11) is 0.924. The Morgan fingerprint density at radius 2 is 0.812 bits per heavy atom. The van der Waals surface area contributed by atoms with Gasteiger partial charge in [-0.15, -0.1) is 0 Å². The Bertz CT molecular complexity index is 3090. The Morgan fingerprint density at radius 1 is 0.479 bits per heavy atom. The first-order chi connectivity index (χ1) is 56.9. The van der Waals surface area contributed by atoms with Crippen LogP contribution < -0.4 is 21.9 Å². The summed E-state index contributed by atoms with van der Waals surface area (Å²) < 4.78 is 89.6. The monoisotopic (exact) mass is 1820 g/mol. The van der Waals surface area contributed by atoms with Crippen molar-refractivity contribution in [2.45, 2.75) is 368 Å². The zero-order valence-corrected chi connectivity index (χ0v) is 80.4. The second-order valence-electron chi connectivity index (χ2n) is 30.7. The van der Waals surface area contributed by atoms with Gasteiger partial charge >= 0.3 is 34.2 Å². The van der Waals surface area contributed by atoms with Crippen LogP contribution in [0, 0.1) is 20.8 Å². The van der Waals surface area contributed by atoms with Crippen molar-refractivity contribution in [1.29, 1.82) is 0 Å². The number of nitrogens with zero attached hydrogens (tertiary/aromatic N) is 8. The van der Waals surface area contributed by atoms with E-state index in [0.29, 0.717) is 37.0 Å².